The van der Waals surface area contributed by atoms with Gasteiger partial charge < -0.3 is 15.5 Å². The van der Waals surface area contributed by atoms with E-state index < -0.39 is 5.25 Å². The van der Waals surface area contributed by atoms with Gasteiger partial charge in [0.1, 0.15) is 5.82 Å². The van der Waals surface area contributed by atoms with Gasteiger partial charge in [-0.05, 0) is 68.7 Å². The SMILES string of the molecule is Cc1c(NC(=O)C(C)SCC(=O)Nc2ccc(F)cc2)cccc1C(=O)N1CCCC1. The van der Waals surface area contributed by atoms with Crippen LogP contribution in [0.15, 0.2) is 42.5 Å². The molecule has 3 amide bonds. The summed E-state index contributed by atoms with van der Waals surface area (Å²) in [5, 5.41) is 5.06. The Morgan fingerprint density at radius 3 is 2.42 bits per heavy atom. The number of likely N-dealkylation sites (tertiary alicyclic amines) is 1. The Morgan fingerprint density at radius 2 is 1.74 bits per heavy atom. The summed E-state index contributed by atoms with van der Waals surface area (Å²) in [7, 11) is 0. The van der Waals surface area contributed by atoms with Crippen LogP contribution in [-0.4, -0.2) is 46.7 Å². The molecule has 1 aliphatic heterocycles. The van der Waals surface area contributed by atoms with Crippen molar-refractivity contribution in [3.05, 3.63) is 59.4 Å². The molecule has 164 valence electrons. The molecule has 2 N–H and O–H groups in total. The minimum Gasteiger partial charge on any atom is -0.339 e. The van der Waals surface area contributed by atoms with E-state index in [4.69, 9.17) is 0 Å². The number of hydrogen-bond donors (Lipinski definition) is 2. The van der Waals surface area contributed by atoms with Gasteiger partial charge in [-0.2, -0.15) is 0 Å². The molecule has 1 aliphatic rings. The summed E-state index contributed by atoms with van der Waals surface area (Å²) in [4.78, 5) is 39.3. The number of rotatable bonds is 7. The molecule has 0 saturated carbocycles. The molecule has 0 aliphatic carbocycles. The number of carbonyl (C=O) groups excluding carboxylic acids is 3. The van der Waals surface area contributed by atoms with Gasteiger partial charge in [-0.1, -0.05) is 6.07 Å². The molecule has 3 rings (SSSR count). The Balaban J connectivity index is 1.54. The van der Waals surface area contributed by atoms with E-state index >= 15 is 0 Å². The molecule has 2 aromatic rings. The average molecular weight is 444 g/mol. The highest BCUT2D eigenvalue weighted by molar-refractivity contribution is 8.01. The van der Waals surface area contributed by atoms with E-state index in [2.05, 4.69) is 10.6 Å². The molecular weight excluding hydrogens is 417 g/mol. The standard InChI is InChI=1S/C23H26FN3O3S/c1-15-19(23(30)27-12-3-4-13-27)6-5-7-20(15)26-22(29)16(2)31-14-21(28)25-18-10-8-17(24)9-11-18/h5-11,16H,3-4,12-14H2,1-2H3,(H,25,28)(H,26,29). The van der Waals surface area contributed by atoms with E-state index in [0.29, 0.717) is 16.9 Å². The first-order valence-electron chi connectivity index (χ1n) is 10.2. The number of halogens is 1. The van der Waals surface area contributed by atoms with E-state index in [1.54, 1.807) is 25.1 Å². The van der Waals surface area contributed by atoms with Crippen LogP contribution in [0.5, 0.6) is 0 Å². The molecule has 31 heavy (non-hydrogen) atoms. The van der Waals surface area contributed by atoms with Gasteiger partial charge in [0, 0.05) is 30.0 Å². The van der Waals surface area contributed by atoms with E-state index in [0.717, 1.165) is 31.5 Å². The molecule has 0 spiro atoms. The topological polar surface area (TPSA) is 78.5 Å². The summed E-state index contributed by atoms with van der Waals surface area (Å²) in [5.41, 5.74) is 2.43. The van der Waals surface area contributed by atoms with Gasteiger partial charge in [-0.3, -0.25) is 14.4 Å². The van der Waals surface area contributed by atoms with E-state index in [-0.39, 0.29) is 29.3 Å². The Bertz CT molecular complexity index is 959. The van der Waals surface area contributed by atoms with Gasteiger partial charge in [0.15, 0.2) is 0 Å². The molecule has 1 unspecified atom stereocenters. The molecule has 0 aromatic heterocycles. The van der Waals surface area contributed by atoms with E-state index in [1.807, 2.05) is 11.8 Å². The summed E-state index contributed by atoms with van der Waals surface area (Å²) in [6.07, 6.45) is 2.04. The first-order chi connectivity index (χ1) is 14.8. The number of amides is 3. The smallest absolute Gasteiger partial charge is 0.254 e. The van der Waals surface area contributed by atoms with Crippen LogP contribution >= 0.6 is 11.8 Å². The second-order valence-electron chi connectivity index (χ2n) is 7.47. The third kappa shape index (κ3) is 6.07. The molecule has 1 atom stereocenters. The number of thioether (sulfide) groups is 1. The van der Waals surface area contributed by atoms with Gasteiger partial charge in [0.25, 0.3) is 5.91 Å². The van der Waals surface area contributed by atoms with E-state index in [9.17, 15) is 18.8 Å². The Kier molecular flexibility index (Phi) is 7.68. The average Bonchev–Trinajstić information content (AvgIpc) is 3.29. The van der Waals surface area contributed by atoms with Crippen molar-refractivity contribution in [3.63, 3.8) is 0 Å². The number of nitrogens with one attached hydrogen (secondary N) is 2. The highest BCUT2D eigenvalue weighted by Gasteiger charge is 2.23. The second kappa shape index (κ2) is 10.4. The third-order valence-corrected chi connectivity index (χ3v) is 6.32. The molecule has 0 bridgehead atoms. The maximum atomic E-state index is 12.9. The summed E-state index contributed by atoms with van der Waals surface area (Å²) in [6, 6.07) is 10.8. The lowest BCUT2D eigenvalue weighted by Crippen LogP contribution is -2.29. The molecular formula is C23H26FN3O3S. The fraction of sp³-hybridized carbons (Fsp3) is 0.348. The lowest BCUT2D eigenvalue weighted by atomic mass is 10.1. The van der Waals surface area contributed by atoms with Crippen LogP contribution in [-0.2, 0) is 9.59 Å². The Hall–Kier alpha value is -2.87. The fourth-order valence-electron chi connectivity index (χ4n) is 3.33. The fourth-order valence-corrected chi connectivity index (χ4v) is 4.02. The van der Waals surface area contributed by atoms with Crippen LogP contribution < -0.4 is 10.6 Å². The summed E-state index contributed by atoms with van der Waals surface area (Å²) >= 11 is 1.20. The molecule has 0 radical (unpaired) electrons. The summed E-state index contributed by atoms with van der Waals surface area (Å²) < 4.78 is 12.9. The normalized spacial score (nSPS) is 14.2. The Morgan fingerprint density at radius 1 is 1.06 bits per heavy atom. The molecule has 1 heterocycles. The van der Waals surface area contributed by atoms with Crippen LogP contribution in [0.25, 0.3) is 0 Å². The monoisotopic (exact) mass is 443 g/mol. The van der Waals surface area contributed by atoms with Crippen molar-refractivity contribution in [2.24, 2.45) is 0 Å². The van der Waals surface area contributed by atoms with E-state index in [1.165, 1.54) is 36.0 Å². The summed E-state index contributed by atoms with van der Waals surface area (Å²) in [5.74, 6) is -0.817. The van der Waals surface area contributed by atoms with Crippen molar-refractivity contribution in [2.75, 3.05) is 29.5 Å². The lowest BCUT2D eigenvalue weighted by Gasteiger charge is -2.19. The van der Waals surface area contributed by atoms with Gasteiger partial charge in [0.05, 0.1) is 11.0 Å². The van der Waals surface area contributed by atoms with Crippen molar-refractivity contribution < 1.29 is 18.8 Å². The predicted molar refractivity (Wildman–Crippen MR) is 122 cm³/mol. The van der Waals surface area contributed by atoms with Crippen molar-refractivity contribution >= 4 is 40.9 Å². The highest BCUT2D eigenvalue weighted by Crippen LogP contribution is 2.23. The number of carbonyl (C=O) groups is 3. The predicted octanol–water partition coefficient (Wildman–Crippen LogP) is 4.07. The quantitative estimate of drug-likeness (QED) is 0.676. The molecule has 6 nitrogen and oxygen atoms in total. The number of hydrogen-bond acceptors (Lipinski definition) is 4. The van der Waals surface area contributed by atoms with Crippen LogP contribution in [0.4, 0.5) is 15.8 Å². The van der Waals surface area contributed by atoms with Gasteiger partial charge in [-0.25, -0.2) is 4.39 Å². The van der Waals surface area contributed by atoms with Crippen molar-refractivity contribution in [2.45, 2.75) is 31.9 Å². The van der Waals surface area contributed by atoms with Crippen LogP contribution in [0, 0.1) is 12.7 Å². The second-order valence-corrected chi connectivity index (χ2v) is 8.80. The maximum absolute atomic E-state index is 12.9. The third-order valence-electron chi connectivity index (χ3n) is 5.18. The van der Waals surface area contributed by atoms with Crippen LogP contribution in [0.2, 0.25) is 0 Å². The van der Waals surface area contributed by atoms with Crippen molar-refractivity contribution in [1.29, 1.82) is 0 Å². The summed E-state index contributed by atoms with van der Waals surface area (Å²) in [6.45, 7) is 5.08. The van der Waals surface area contributed by atoms with Gasteiger partial charge >= 0.3 is 0 Å². The van der Waals surface area contributed by atoms with Crippen molar-refractivity contribution in [3.8, 4) is 0 Å². The first-order valence-corrected chi connectivity index (χ1v) is 11.3. The number of benzene rings is 2. The minimum absolute atomic E-state index is 0.00835. The minimum atomic E-state index is -0.476. The van der Waals surface area contributed by atoms with Crippen LogP contribution in [0.3, 0.4) is 0 Å². The zero-order chi connectivity index (χ0) is 22.4. The van der Waals surface area contributed by atoms with Gasteiger partial charge in [-0.15, -0.1) is 11.8 Å². The largest absolute Gasteiger partial charge is 0.339 e. The van der Waals surface area contributed by atoms with Crippen LogP contribution in [0.1, 0.15) is 35.7 Å². The zero-order valence-corrected chi connectivity index (χ0v) is 18.4. The van der Waals surface area contributed by atoms with Gasteiger partial charge in [0.2, 0.25) is 11.8 Å². The number of nitrogens with zero attached hydrogens (tertiary/aromatic N) is 1. The number of anilines is 2. The molecule has 1 fully saturated rings. The molecule has 1 saturated heterocycles. The van der Waals surface area contributed by atoms with Crippen molar-refractivity contribution in [1.82, 2.24) is 4.90 Å². The Labute approximate surface area is 185 Å². The highest BCUT2D eigenvalue weighted by atomic mass is 32.2. The zero-order valence-electron chi connectivity index (χ0n) is 17.6. The molecule has 2 aromatic carbocycles. The first kappa shape index (κ1) is 22.8. The lowest BCUT2D eigenvalue weighted by molar-refractivity contribution is -0.115. The molecule has 8 heteroatoms. The maximum Gasteiger partial charge on any atom is 0.254 e.